The summed E-state index contributed by atoms with van der Waals surface area (Å²) in [7, 11) is -1.98. The van der Waals surface area contributed by atoms with Crippen LogP contribution in [-0.4, -0.2) is 39.0 Å². The zero-order chi connectivity index (χ0) is 12.2. The fourth-order valence-corrected chi connectivity index (χ4v) is 2.59. The molecular weight excluding hydrogens is 230 g/mol. The van der Waals surface area contributed by atoms with Gasteiger partial charge in [-0.25, -0.2) is 8.42 Å². The first-order chi connectivity index (χ1) is 7.49. The van der Waals surface area contributed by atoms with Gasteiger partial charge >= 0.3 is 0 Å². The van der Waals surface area contributed by atoms with Crippen LogP contribution < -0.4 is 10.5 Å². The quantitative estimate of drug-likeness (QED) is 0.749. The molecular formula is C10H15NO4S. The molecule has 0 spiro atoms. The Kier molecular flexibility index (Phi) is 4.28. The molecule has 0 saturated heterocycles. The standard InChI is InChI=1S/C10H15NO4S/c1-15-9-2-4-10(5-3-9)16(13,14)7-8(12)6-11/h2-5,8,12H,6-7,11H2,1H3. The van der Waals surface area contributed by atoms with E-state index in [0.717, 1.165) is 0 Å². The predicted molar refractivity (Wildman–Crippen MR) is 60.1 cm³/mol. The zero-order valence-corrected chi connectivity index (χ0v) is 9.78. The van der Waals surface area contributed by atoms with Gasteiger partial charge in [-0.1, -0.05) is 0 Å². The molecule has 0 aliphatic carbocycles. The average molecular weight is 245 g/mol. The number of ether oxygens (including phenoxy) is 1. The maximum absolute atomic E-state index is 11.7. The lowest BCUT2D eigenvalue weighted by Crippen LogP contribution is -2.28. The fraction of sp³-hybridized carbons (Fsp3) is 0.400. The van der Waals surface area contributed by atoms with E-state index in [4.69, 9.17) is 10.5 Å². The fourth-order valence-electron chi connectivity index (χ4n) is 1.20. The van der Waals surface area contributed by atoms with E-state index in [1.54, 1.807) is 12.1 Å². The molecule has 3 N–H and O–H groups in total. The van der Waals surface area contributed by atoms with Gasteiger partial charge in [-0.15, -0.1) is 0 Å². The topological polar surface area (TPSA) is 89.6 Å². The van der Waals surface area contributed by atoms with Crippen LogP contribution in [0, 0.1) is 0 Å². The normalized spacial score (nSPS) is 13.4. The first-order valence-electron chi connectivity index (χ1n) is 4.74. The van der Waals surface area contributed by atoms with Gasteiger partial charge in [-0.2, -0.15) is 0 Å². The summed E-state index contributed by atoms with van der Waals surface area (Å²) in [6.07, 6.45) is -1.04. The second-order valence-corrected chi connectivity index (χ2v) is 5.38. The van der Waals surface area contributed by atoms with E-state index >= 15 is 0 Å². The third kappa shape index (κ3) is 3.19. The highest BCUT2D eigenvalue weighted by Crippen LogP contribution is 2.17. The molecule has 0 heterocycles. The number of benzene rings is 1. The van der Waals surface area contributed by atoms with Crippen LogP contribution in [0.25, 0.3) is 0 Å². The van der Waals surface area contributed by atoms with Gasteiger partial charge < -0.3 is 15.6 Å². The van der Waals surface area contributed by atoms with Crippen molar-refractivity contribution in [2.24, 2.45) is 5.73 Å². The minimum absolute atomic E-state index is 0.0740. The number of hydrogen-bond donors (Lipinski definition) is 2. The second-order valence-electron chi connectivity index (χ2n) is 3.35. The van der Waals surface area contributed by atoms with Gasteiger partial charge in [0.1, 0.15) is 5.75 Å². The molecule has 0 bridgehead atoms. The lowest BCUT2D eigenvalue weighted by Gasteiger charge is -2.09. The largest absolute Gasteiger partial charge is 0.497 e. The van der Waals surface area contributed by atoms with Gasteiger partial charge in [-0.05, 0) is 24.3 Å². The highest BCUT2D eigenvalue weighted by atomic mass is 32.2. The van der Waals surface area contributed by atoms with Crippen LogP contribution in [0.3, 0.4) is 0 Å². The summed E-state index contributed by atoms with van der Waals surface area (Å²) >= 11 is 0. The van der Waals surface area contributed by atoms with Crippen molar-refractivity contribution in [3.8, 4) is 5.75 Å². The van der Waals surface area contributed by atoms with Gasteiger partial charge in [-0.3, -0.25) is 0 Å². The molecule has 0 radical (unpaired) electrons. The smallest absolute Gasteiger partial charge is 0.180 e. The summed E-state index contributed by atoms with van der Waals surface area (Å²) < 4.78 is 28.4. The lowest BCUT2D eigenvalue weighted by atomic mass is 10.3. The monoisotopic (exact) mass is 245 g/mol. The maximum atomic E-state index is 11.7. The zero-order valence-electron chi connectivity index (χ0n) is 8.96. The number of rotatable bonds is 5. The van der Waals surface area contributed by atoms with Gasteiger partial charge in [0.05, 0.1) is 23.9 Å². The molecule has 90 valence electrons. The van der Waals surface area contributed by atoms with Crippen molar-refractivity contribution in [2.45, 2.75) is 11.0 Å². The molecule has 0 aromatic heterocycles. The van der Waals surface area contributed by atoms with E-state index in [-0.39, 0.29) is 17.2 Å². The molecule has 1 unspecified atom stereocenters. The van der Waals surface area contributed by atoms with Crippen LogP contribution in [-0.2, 0) is 9.84 Å². The second kappa shape index (κ2) is 5.29. The number of methoxy groups -OCH3 is 1. The molecule has 1 aromatic carbocycles. The third-order valence-corrected chi connectivity index (χ3v) is 3.92. The maximum Gasteiger partial charge on any atom is 0.180 e. The highest BCUT2D eigenvalue weighted by molar-refractivity contribution is 7.91. The predicted octanol–water partition coefficient (Wildman–Crippen LogP) is -0.211. The SMILES string of the molecule is COc1ccc(S(=O)(=O)CC(O)CN)cc1. The van der Waals surface area contributed by atoms with Gasteiger partial charge in [0.25, 0.3) is 0 Å². The van der Waals surface area contributed by atoms with E-state index in [0.29, 0.717) is 5.75 Å². The number of nitrogens with two attached hydrogens (primary N) is 1. The Balaban J connectivity index is 2.90. The summed E-state index contributed by atoms with van der Waals surface area (Å²) in [6.45, 7) is -0.0740. The Bertz CT molecular complexity index is 427. The summed E-state index contributed by atoms with van der Waals surface area (Å²) in [4.78, 5) is 0.154. The Morgan fingerprint density at radius 3 is 2.38 bits per heavy atom. The van der Waals surface area contributed by atoms with Crippen molar-refractivity contribution in [2.75, 3.05) is 19.4 Å². The Morgan fingerprint density at radius 2 is 1.94 bits per heavy atom. The Labute approximate surface area is 94.8 Å². The van der Waals surface area contributed by atoms with Crippen LogP contribution in [0.2, 0.25) is 0 Å². The number of sulfone groups is 1. The highest BCUT2D eigenvalue weighted by Gasteiger charge is 2.18. The van der Waals surface area contributed by atoms with Crippen LogP contribution in [0.5, 0.6) is 5.75 Å². The van der Waals surface area contributed by atoms with E-state index < -0.39 is 15.9 Å². The molecule has 0 fully saturated rings. The summed E-state index contributed by atoms with van der Waals surface area (Å²) in [5.41, 5.74) is 5.17. The number of aliphatic hydroxyl groups excluding tert-OH is 1. The van der Waals surface area contributed by atoms with Crippen molar-refractivity contribution >= 4 is 9.84 Å². The summed E-state index contributed by atoms with van der Waals surface area (Å²) in [6, 6.07) is 6.00. The molecule has 0 saturated carbocycles. The van der Waals surface area contributed by atoms with E-state index in [2.05, 4.69) is 0 Å². The van der Waals surface area contributed by atoms with Gasteiger partial charge in [0.2, 0.25) is 0 Å². The molecule has 16 heavy (non-hydrogen) atoms. The summed E-state index contributed by atoms with van der Waals surface area (Å²) in [5.74, 6) is 0.217. The minimum Gasteiger partial charge on any atom is -0.497 e. The van der Waals surface area contributed by atoms with Gasteiger partial charge in [0, 0.05) is 6.54 Å². The molecule has 6 heteroatoms. The van der Waals surface area contributed by atoms with E-state index in [9.17, 15) is 13.5 Å². The first kappa shape index (κ1) is 13.0. The molecule has 0 amide bonds. The first-order valence-corrected chi connectivity index (χ1v) is 6.40. The summed E-state index contributed by atoms with van der Waals surface area (Å²) in [5, 5.41) is 9.23. The molecule has 0 aliphatic rings. The molecule has 1 aromatic rings. The van der Waals surface area contributed by atoms with Gasteiger partial charge in [0.15, 0.2) is 9.84 Å². The van der Waals surface area contributed by atoms with E-state index in [1.165, 1.54) is 19.2 Å². The third-order valence-electron chi connectivity index (χ3n) is 2.10. The van der Waals surface area contributed by atoms with Crippen LogP contribution >= 0.6 is 0 Å². The molecule has 1 atom stereocenters. The van der Waals surface area contributed by atoms with Crippen molar-refractivity contribution in [1.82, 2.24) is 0 Å². The average Bonchev–Trinajstić information content (AvgIpc) is 2.28. The van der Waals surface area contributed by atoms with Crippen molar-refractivity contribution in [1.29, 1.82) is 0 Å². The molecule has 5 nitrogen and oxygen atoms in total. The Morgan fingerprint density at radius 1 is 1.38 bits per heavy atom. The molecule has 0 aliphatic heterocycles. The minimum atomic E-state index is -3.48. The van der Waals surface area contributed by atoms with E-state index in [1.807, 2.05) is 0 Å². The van der Waals surface area contributed by atoms with Crippen molar-refractivity contribution < 1.29 is 18.3 Å². The number of hydrogen-bond acceptors (Lipinski definition) is 5. The van der Waals surface area contributed by atoms with Crippen molar-refractivity contribution in [3.63, 3.8) is 0 Å². The van der Waals surface area contributed by atoms with Crippen LogP contribution in [0.15, 0.2) is 29.2 Å². The lowest BCUT2D eigenvalue weighted by molar-refractivity contribution is 0.205. The molecule has 1 rings (SSSR count). The Hall–Kier alpha value is -1.11. The number of aliphatic hydroxyl groups is 1. The van der Waals surface area contributed by atoms with Crippen LogP contribution in [0.4, 0.5) is 0 Å². The van der Waals surface area contributed by atoms with Crippen LogP contribution in [0.1, 0.15) is 0 Å². The van der Waals surface area contributed by atoms with Crippen molar-refractivity contribution in [3.05, 3.63) is 24.3 Å².